The third-order valence-electron chi connectivity index (χ3n) is 6.02. The molecule has 0 aliphatic carbocycles. The minimum Gasteiger partial charge on any atom is -0.861 e. The first kappa shape index (κ1) is 33.2. The summed E-state index contributed by atoms with van der Waals surface area (Å²) in [7, 11) is 0. The Hall–Kier alpha value is -5.01. The largest absolute Gasteiger partial charge is 0.861 e. The number of carbonyl (C=O) groups is 4. The van der Waals surface area contributed by atoms with Gasteiger partial charge in [-0.25, -0.2) is 0 Å². The number of nitrogens with two attached hydrogens (primary N) is 1. The molecular formula is C28H36N7O7-. The maximum Gasteiger partial charge on any atom is 0.269 e. The van der Waals surface area contributed by atoms with Crippen LogP contribution in [0.3, 0.4) is 0 Å². The molecule has 0 spiro atoms. The number of aliphatic imine (C=N–C) groups is 1. The van der Waals surface area contributed by atoms with Crippen molar-refractivity contribution in [3.05, 3.63) is 69.8 Å². The number of anilines is 1. The molecule has 0 heterocycles. The summed E-state index contributed by atoms with van der Waals surface area (Å²) in [6.07, 6.45) is 0.261. The van der Waals surface area contributed by atoms with Crippen molar-refractivity contribution in [2.75, 3.05) is 12.3 Å². The highest BCUT2D eigenvalue weighted by Crippen LogP contribution is 2.13. The van der Waals surface area contributed by atoms with Crippen LogP contribution in [-0.4, -0.2) is 59.1 Å². The van der Waals surface area contributed by atoms with Crippen LogP contribution in [0.15, 0.2) is 53.5 Å². The van der Waals surface area contributed by atoms with Crippen LogP contribution in [-0.2, 0) is 20.9 Å². The van der Waals surface area contributed by atoms with Gasteiger partial charge in [0.2, 0.25) is 17.7 Å². The third-order valence-corrected chi connectivity index (χ3v) is 6.02. The number of amides is 4. The second-order valence-corrected chi connectivity index (χ2v) is 10.1. The summed E-state index contributed by atoms with van der Waals surface area (Å²) in [5, 5.41) is 33.3. The molecule has 0 fully saturated rings. The van der Waals surface area contributed by atoms with Gasteiger partial charge in [-0.15, -0.1) is 0 Å². The zero-order valence-corrected chi connectivity index (χ0v) is 23.9. The molecule has 3 atom stereocenters. The number of nitro benzene ring substituents is 1. The molecule has 0 bridgehead atoms. The van der Waals surface area contributed by atoms with E-state index < -0.39 is 59.1 Å². The van der Waals surface area contributed by atoms with Gasteiger partial charge in [0.05, 0.1) is 29.6 Å². The predicted octanol–water partition coefficient (Wildman–Crippen LogP) is 0.406. The van der Waals surface area contributed by atoms with Gasteiger partial charge >= 0.3 is 0 Å². The minimum atomic E-state index is -0.995. The van der Waals surface area contributed by atoms with E-state index in [4.69, 9.17) is 5.73 Å². The Labute approximate surface area is 243 Å². The second-order valence-electron chi connectivity index (χ2n) is 10.1. The van der Waals surface area contributed by atoms with E-state index >= 15 is 0 Å². The summed E-state index contributed by atoms with van der Waals surface area (Å²) >= 11 is 0. The number of hydrogen-bond donors (Lipinski definition) is 5. The fraction of sp³-hybridized carbons (Fsp3) is 0.393. The number of rotatable bonds is 14. The zero-order chi connectivity index (χ0) is 31.4. The molecule has 14 nitrogen and oxygen atoms in total. The Bertz CT molecular complexity index is 1310. The number of nitrogen functional groups attached to an aromatic ring is 1. The van der Waals surface area contributed by atoms with Gasteiger partial charge in [0.25, 0.3) is 11.6 Å². The molecule has 0 aromatic heterocycles. The van der Waals surface area contributed by atoms with Gasteiger partial charge in [0, 0.05) is 17.8 Å². The molecule has 226 valence electrons. The number of non-ortho nitro benzene ring substituents is 1. The van der Waals surface area contributed by atoms with Crippen molar-refractivity contribution < 1.29 is 29.2 Å². The fourth-order valence-electron chi connectivity index (χ4n) is 3.72. The van der Waals surface area contributed by atoms with Crippen LogP contribution >= 0.6 is 0 Å². The SMILES string of the molecule is CC(C)CC(NC(=O)CNC(=O)C(C)NC(=O)c1ccccc1N)C(=O)NC(C)C([O-])=NCc1ccc([N+](=O)[O-])cc1. The molecule has 0 aliphatic heterocycles. The van der Waals surface area contributed by atoms with E-state index in [0.717, 1.165) is 0 Å². The highest BCUT2D eigenvalue weighted by Gasteiger charge is 2.24. The second kappa shape index (κ2) is 15.7. The third kappa shape index (κ3) is 10.5. The molecular weight excluding hydrogens is 546 g/mol. The van der Waals surface area contributed by atoms with Gasteiger partial charge in [-0.2, -0.15) is 0 Å². The standard InChI is InChI=1S/C28H37N7O7/c1-16(2)13-23(28(40)33-18(4)25(37)30-14-19-9-11-20(12-10-19)35(41)42)34-24(36)15-31-26(38)17(3)32-27(39)21-7-5-6-8-22(21)29/h5-12,16-18,23H,13-15,29H2,1-4H3,(H,30,37)(H,31,38)(H,32,39)(H,33,40)(H,34,36)/p-1. The van der Waals surface area contributed by atoms with Gasteiger partial charge in [-0.05, 0) is 49.8 Å². The van der Waals surface area contributed by atoms with Crippen LogP contribution in [0.25, 0.3) is 0 Å². The quantitative estimate of drug-likeness (QED) is 0.0688. The Morgan fingerprint density at radius 2 is 1.55 bits per heavy atom. The van der Waals surface area contributed by atoms with Crippen molar-refractivity contribution in [2.24, 2.45) is 10.9 Å². The maximum absolute atomic E-state index is 12.9. The fourth-order valence-corrected chi connectivity index (χ4v) is 3.72. The molecule has 14 heteroatoms. The normalized spacial score (nSPS) is 13.4. The van der Waals surface area contributed by atoms with Crippen LogP contribution in [0.4, 0.5) is 11.4 Å². The number of nitrogens with zero attached hydrogens (tertiary/aromatic N) is 2. The van der Waals surface area contributed by atoms with Crippen molar-refractivity contribution in [1.82, 2.24) is 21.3 Å². The lowest BCUT2D eigenvalue weighted by Crippen LogP contribution is -2.54. The Balaban J connectivity index is 1.90. The minimum absolute atomic E-state index is 0.00845. The summed E-state index contributed by atoms with van der Waals surface area (Å²) in [5.74, 6) is -3.01. The van der Waals surface area contributed by atoms with E-state index in [1.165, 1.54) is 44.2 Å². The van der Waals surface area contributed by atoms with Crippen molar-refractivity contribution in [1.29, 1.82) is 0 Å². The average Bonchev–Trinajstić information content (AvgIpc) is 2.94. The average molecular weight is 583 g/mol. The smallest absolute Gasteiger partial charge is 0.269 e. The van der Waals surface area contributed by atoms with Gasteiger partial charge < -0.3 is 32.1 Å². The van der Waals surface area contributed by atoms with Gasteiger partial charge in [-0.1, -0.05) is 38.1 Å². The number of benzene rings is 2. The first-order valence-corrected chi connectivity index (χ1v) is 13.3. The zero-order valence-electron chi connectivity index (χ0n) is 23.9. The van der Waals surface area contributed by atoms with Crippen LogP contribution in [0.1, 0.15) is 50.0 Å². The number of carbonyl (C=O) groups excluding carboxylic acids is 4. The summed E-state index contributed by atoms with van der Waals surface area (Å²) in [6.45, 7) is 6.13. The lowest BCUT2D eigenvalue weighted by molar-refractivity contribution is -0.384. The maximum atomic E-state index is 12.9. The highest BCUT2D eigenvalue weighted by atomic mass is 16.6. The first-order chi connectivity index (χ1) is 19.8. The van der Waals surface area contributed by atoms with Gasteiger partial charge in [0.1, 0.15) is 12.1 Å². The molecule has 2 aromatic rings. The Kier molecular flexibility index (Phi) is 12.4. The highest BCUT2D eigenvalue weighted by molar-refractivity contribution is 6.01. The lowest BCUT2D eigenvalue weighted by atomic mass is 10.0. The van der Waals surface area contributed by atoms with Crippen LogP contribution in [0.2, 0.25) is 0 Å². The predicted molar refractivity (Wildman–Crippen MR) is 154 cm³/mol. The van der Waals surface area contributed by atoms with Gasteiger partial charge in [-0.3, -0.25) is 34.3 Å². The molecule has 0 aliphatic rings. The Morgan fingerprint density at radius 3 is 2.14 bits per heavy atom. The number of hydrogen-bond acceptors (Lipinski definition) is 9. The van der Waals surface area contributed by atoms with Gasteiger partial charge in [0.15, 0.2) is 0 Å². The van der Waals surface area contributed by atoms with Crippen LogP contribution < -0.4 is 32.1 Å². The Morgan fingerprint density at radius 1 is 0.905 bits per heavy atom. The number of nitrogens with one attached hydrogen (secondary N) is 4. The monoisotopic (exact) mass is 582 g/mol. The topological polar surface area (TPSA) is 221 Å². The van der Waals surface area contributed by atoms with E-state index in [-0.39, 0.29) is 35.8 Å². The van der Waals surface area contributed by atoms with E-state index in [1.807, 2.05) is 13.8 Å². The summed E-state index contributed by atoms with van der Waals surface area (Å²) in [4.78, 5) is 64.4. The van der Waals surface area contributed by atoms with E-state index in [9.17, 15) is 34.4 Å². The molecule has 42 heavy (non-hydrogen) atoms. The number of nitro groups is 1. The van der Waals surface area contributed by atoms with Crippen LogP contribution in [0, 0.1) is 16.0 Å². The molecule has 2 aromatic carbocycles. The molecule has 2 rings (SSSR count). The van der Waals surface area contributed by atoms with Crippen molar-refractivity contribution >= 4 is 40.9 Å². The molecule has 0 radical (unpaired) electrons. The number of para-hydroxylation sites is 1. The van der Waals surface area contributed by atoms with Crippen molar-refractivity contribution in [3.63, 3.8) is 0 Å². The summed E-state index contributed by atoms with van der Waals surface area (Å²) in [6, 6.07) is 9.01. The van der Waals surface area contributed by atoms with Crippen LogP contribution in [0.5, 0.6) is 0 Å². The summed E-state index contributed by atoms with van der Waals surface area (Å²) < 4.78 is 0. The molecule has 0 saturated carbocycles. The lowest BCUT2D eigenvalue weighted by Gasteiger charge is -2.25. The van der Waals surface area contributed by atoms with Crippen molar-refractivity contribution in [2.45, 2.75) is 58.8 Å². The van der Waals surface area contributed by atoms with E-state index in [0.29, 0.717) is 5.56 Å². The van der Waals surface area contributed by atoms with E-state index in [1.54, 1.807) is 18.2 Å². The van der Waals surface area contributed by atoms with E-state index in [2.05, 4.69) is 26.3 Å². The molecule has 4 amide bonds. The molecule has 6 N–H and O–H groups in total. The first-order valence-electron chi connectivity index (χ1n) is 13.3. The summed E-state index contributed by atoms with van der Waals surface area (Å²) in [5.41, 5.74) is 6.75. The van der Waals surface area contributed by atoms with Crippen molar-refractivity contribution in [3.8, 4) is 0 Å². The molecule has 3 unspecified atom stereocenters. The molecule has 0 saturated heterocycles.